The zero-order valence-electron chi connectivity index (χ0n) is 18.4. The maximum atomic E-state index is 14.0. The van der Waals surface area contributed by atoms with Crippen LogP contribution in [0.1, 0.15) is 74.6 Å². The Hall–Kier alpha value is -2.82. The Bertz CT molecular complexity index is 1130. The monoisotopic (exact) mass is 423 g/mol. The van der Waals surface area contributed by atoms with Crippen molar-refractivity contribution in [3.8, 4) is 11.4 Å². The van der Waals surface area contributed by atoms with Crippen LogP contribution in [0.4, 0.5) is 4.39 Å². The van der Waals surface area contributed by atoms with Crippen molar-refractivity contribution in [1.29, 1.82) is 0 Å². The van der Waals surface area contributed by atoms with Crippen LogP contribution in [0, 0.1) is 18.7 Å². The topological polar surface area (TPSA) is 62.5 Å². The molecule has 1 heterocycles. The van der Waals surface area contributed by atoms with Gasteiger partial charge in [-0.15, -0.1) is 0 Å². The highest BCUT2D eigenvalue weighted by atomic mass is 19.1. The van der Waals surface area contributed by atoms with Gasteiger partial charge in [-0.2, -0.15) is 0 Å². The number of benzene rings is 2. The van der Waals surface area contributed by atoms with Gasteiger partial charge in [-0.1, -0.05) is 26.3 Å². The van der Waals surface area contributed by atoms with Gasteiger partial charge in [0, 0.05) is 23.2 Å². The van der Waals surface area contributed by atoms with E-state index in [1.807, 2.05) is 18.2 Å². The standard InChI is InChI=1S/C26H30FNO3/c1-15(2)26-24(18-7-4-6-17(13-18)14-23(30)31)25-21(8-5-9-22(25)29)28(26)19-10-11-20(27)16(3)12-19/h5,8-12,15,17-18,29H,4,6-7,13-14H2,1-3H3,(H,30,31)/t17-,18-/m1/s1. The highest BCUT2D eigenvalue weighted by molar-refractivity contribution is 5.93. The summed E-state index contributed by atoms with van der Waals surface area (Å²) in [4.78, 5) is 11.3. The number of rotatable bonds is 5. The lowest BCUT2D eigenvalue weighted by atomic mass is 9.75. The molecule has 1 fully saturated rings. The molecule has 0 bridgehead atoms. The van der Waals surface area contributed by atoms with Gasteiger partial charge in [0.1, 0.15) is 11.6 Å². The van der Waals surface area contributed by atoms with Crippen LogP contribution in [0.15, 0.2) is 36.4 Å². The maximum absolute atomic E-state index is 14.0. The summed E-state index contributed by atoms with van der Waals surface area (Å²) in [6.07, 6.45) is 3.89. The first-order valence-electron chi connectivity index (χ1n) is 11.1. The largest absolute Gasteiger partial charge is 0.507 e. The second kappa shape index (κ2) is 8.37. The Morgan fingerprint density at radius 3 is 2.68 bits per heavy atom. The molecule has 3 aromatic rings. The number of phenols is 1. The van der Waals surface area contributed by atoms with Gasteiger partial charge in [-0.05, 0) is 85.4 Å². The molecular weight excluding hydrogens is 393 g/mol. The van der Waals surface area contributed by atoms with Crippen molar-refractivity contribution >= 4 is 16.9 Å². The zero-order valence-corrected chi connectivity index (χ0v) is 18.4. The van der Waals surface area contributed by atoms with Gasteiger partial charge in [0.05, 0.1) is 5.52 Å². The van der Waals surface area contributed by atoms with Crippen molar-refractivity contribution in [3.05, 3.63) is 59.0 Å². The minimum Gasteiger partial charge on any atom is -0.507 e. The summed E-state index contributed by atoms with van der Waals surface area (Å²) in [6, 6.07) is 10.7. The second-order valence-corrected chi connectivity index (χ2v) is 9.22. The molecule has 0 saturated heterocycles. The summed E-state index contributed by atoms with van der Waals surface area (Å²) >= 11 is 0. The van der Waals surface area contributed by atoms with Crippen LogP contribution in [0.3, 0.4) is 0 Å². The van der Waals surface area contributed by atoms with Gasteiger partial charge >= 0.3 is 5.97 Å². The minimum absolute atomic E-state index is 0.147. The third-order valence-corrected chi connectivity index (χ3v) is 6.65. The average molecular weight is 424 g/mol. The van der Waals surface area contributed by atoms with Crippen molar-refractivity contribution < 1.29 is 19.4 Å². The van der Waals surface area contributed by atoms with Crippen LogP contribution in [-0.4, -0.2) is 20.7 Å². The molecule has 0 spiro atoms. The van der Waals surface area contributed by atoms with E-state index in [4.69, 9.17) is 0 Å². The number of aromatic hydroxyl groups is 1. The van der Waals surface area contributed by atoms with Crippen LogP contribution in [-0.2, 0) is 4.79 Å². The molecule has 1 aliphatic carbocycles. The number of aliphatic carboxylic acids is 1. The molecule has 1 aliphatic rings. The van der Waals surface area contributed by atoms with E-state index in [1.54, 1.807) is 19.1 Å². The predicted molar refractivity (Wildman–Crippen MR) is 121 cm³/mol. The summed E-state index contributed by atoms with van der Waals surface area (Å²) in [5.74, 6) is -0.234. The molecule has 0 aliphatic heterocycles. The minimum atomic E-state index is -0.748. The van der Waals surface area contributed by atoms with E-state index in [1.165, 1.54) is 6.07 Å². The van der Waals surface area contributed by atoms with E-state index in [2.05, 4.69) is 18.4 Å². The summed E-state index contributed by atoms with van der Waals surface area (Å²) in [7, 11) is 0. The average Bonchev–Trinajstić information content (AvgIpc) is 3.07. The lowest BCUT2D eigenvalue weighted by Gasteiger charge is -2.30. The Kier molecular flexibility index (Phi) is 5.78. The molecule has 5 heteroatoms. The molecule has 2 aromatic carbocycles. The Morgan fingerprint density at radius 1 is 1.23 bits per heavy atom. The number of nitrogens with zero attached hydrogens (tertiary/aromatic N) is 1. The summed E-state index contributed by atoms with van der Waals surface area (Å²) < 4.78 is 16.2. The van der Waals surface area contributed by atoms with Gasteiger partial charge in [0.15, 0.2) is 0 Å². The van der Waals surface area contributed by atoms with Gasteiger partial charge < -0.3 is 14.8 Å². The van der Waals surface area contributed by atoms with Crippen molar-refractivity contribution in [1.82, 2.24) is 4.57 Å². The first kappa shape index (κ1) is 21.4. The van der Waals surface area contributed by atoms with Crippen LogP contribution in [0.25, 0.3) is 16.6 Å². The Morgan fingerprint density at radius 2 is 2.00 bits per heavy atom. The van der Waals surface area contributed by atoms with Crippen molar-refractivity contribution in [3.63, 3.8) is 0 Å². The molecule has 31 heavy (non-hydrogen) atoms. The number of halogens is 1. The molecule has 2 atom stereocenters. The number of aromatic nitrogens is 1. The van der Waals surface area contributed by atoms with Crippen molar-refractivity contribution in [2.75, 3.05) is 0 Å². The molecule has 164 valence electrons. The number of carbonyl (C=O) groups is 1. The molecule has 0 amide bonds. The highest BCUT2D eigenvalue weighted by Gasteiger charge is 2.32. The number of hydrogen-bond acceptors (Lipinski definition) is 2. The van der Waals surface area contributed by atoms with Gasteiger partial charge in [0.25, 0.3) is 0 Å². The number of hydrogen-bond donors (Lipinski definition) is 2. The summed E-state index contributed by atoms with van der Waals surface area (Å²) in [5, 5.41) is 21.0. The van der Waals surface area contributed by atoms with Crippen LogP contribution >= 0.6 is 0 Å². The third kappa shape index (κ3) is 3.93. The molecule has 2 N–H and O–H groups in total. The van der Waals surface area contributed by atoms with E-state index in [0.717, 1.165) is 53.5 Å². The predicted octanol–water partition coefficient (Wildman–Crippen LogP) is 6.66. The maximum Gasteiger partial charge on any atom is 0.303 e. The summed E-state index contributed by atoms with van der Waals surface area (Å²) in [5.41, 5.74) is 4.60. The number of phenolic OH excluding ortho intramolecular Hbond substituents is 1. The molecule has 0 radical (unpaired) electrons. The normalized spacial score (nSPS) is 19.3. The Balaban J connectivity index is 1.96. The smallest absolute Gasteiger partial charge is 0.303 e. The molecule has 1 aromatic heterocycles. The molecule has 1 saturated carbocycles. The van der Waals surface area contributed by atoms with E-state index in [9.17, 15) is 19.4 Å². The fourth-order valence-corrected chi connectivity index (χ4v) is 5.38. The Labute approximate surface area is 182 Å². The lowest BCUT2D eigenvalue weighted by molar-refractivity contribution is -0.138. The molecule has 4 nitrogen and oxygen atoms in total. The fourth-order valence-electron chi connectivity index (χ4n) is 5.38. The number of carboxylic acid groups (broad SMARTS) is 1. The first-order valence-corrected chi connectivity index (χ1v) is 11.1. The van der Waals surface area contributed by atoms with Crippen LogP contribution in [0.2, 0.25) is 0 Å². The van der Waals surface area contributed by atoms with Gasteiger partial charge in [0.2, 0.25) is 0 Å². The van der Waals surface area contributed by atoms with E-state index < -0.39 is 5.97 Å². The van der Waals surface area contributed by atoms with E-state index in [0.29, 0.717) is 5.56 Å². The highest BCUT2D eigenvalue weighted by Crippen LogP contribution is 2.47. The van der Waals surface area contributed by atoms with Crippen molar-refractivity contribution in [2.45, 2.75) is 64.7 Å². The molecule has 0 unspecified atom stereocenters. The number of aryl methyl sites for hydroxylation is 1. The zero-order chi connectivity index (χ0) is 22.3. The van der Waals surface area contributed by atoms with Gasteiger partial charge in [-0.25, -0.2) is 4.39 Å². The van der Waals surface area contributed by atoms with Crippen molar-refractivity contribution in [2.24, 2.45) is 5.92 Å². The third-order valence-electron chi connectivity index (χ3n) is 6.65. The quantitative estimate of drug-likeness (QED) is 0.483. The van der Waals surface area contributed by atoms with Gasteiger partial charge in [-0.3, -0.25) is 4.79 Å². The molecular formula is C26H30FNO3. The number of fused-ring (bicyclic) bond motifs is 1. The SMILES string of the molecule is Cc1cc(-n2c(C(C)C)c([C@@H]3CCC[C@@H](CC(=O)O)C3)c3c(O)cccc32)ccc1F. The summed E-state index contributed by atoms with van der Waals surface area (Å²) in [6.45, 7) is 6.04. The number of carboxylic acids is 1. The van der Waals surface area contributed by atoms with Crippen LogP contribution < -0.4 is 0 Å². The fraction of sp³-hybridized carbons (Fsp3) is 0.423. The lowest BCUT2D eigenvalue weighted by Crippen LogP contribution is -2.18. The second-order valence-electron chi connectivity index (χ2n) is 9.22. The van der Waals surface area contributed by atoms with E-state index in [-0.39, 0.29) is 35.7 Å². The van der Waals surface area contributed by atoms with Crippen LogP contribution in [0.5, 0.6) is 5.75 Å². The molecule has 4 rings (SSSR count). The van der Waals surface area contributed by atoms with E-state index >= 15 is 0 Å². The first-order chi connectivity index (χ1) is 14.8.